The summed E-state index contributed by atoms with van der Waals surface area (Å²) >= 11 is 4.32. The molecule has 2 nitrogen and oxygen atoms in total. The fourth-order valence-electron chi connectivity index (χ4n) is 1.32. The molecule has 1 rings (SSSR count). The van der Waals surface area contributed by atoms with Crippen molar-refractivity contribution in [2.75, 3.05) is 5.75 Å². The molecule has 0 radical (unpaired) electrons. The Hall–Kier alpha value is -0.440. The van der Waals surface area contributed by atoms with Gasteiger partial charge in [-0.1, -0.05) is 13.3 Å². The van der Waals surface area contributed by atoms with E-state index in [1.165, 1.54) is 12.8 Å². The molecule has 0 fully saturated rings. The van der Waals surface area contributed by atoms with Crippen molar-refractivity contribution in [1.29, 1.82) is 0 Å². The summed E-state index contributed by atoms with van der Waals surface area (Å²) in [5, 5.41) is 4.17. The second-order valence-electron chi connectivity index (χ2n) is 3.07. The minimum absolute atomic E-state index is 0.665. The number of aromatic nitrogens is 2. The third kappa shape index (κ3) is 2.89. The summed E-state index contributed by atoms with van der Waals surface area (Å²) in [5.74, 6) is 1.62. The van der Waals surface area contributed by atoms with Gasteiger partial charge >= 0.3 is 0 Å². The van der Waals surface area contributed by atoms with E-state index in [0.717, 1.165) is 12.3 Å². The minimum atomic E-state index is 0.665. The molecular weight excluding hydrogens is 168 g/mol. The van der Waals surface area contributed by atoms with Gasteiger partial charge < -0.3 is 0 Å². The second-order valence-corrected chi connectivity index (χ2v) is 3.43. The lowest BCUT2D eigenvalue weighted by molar-refractivity contribution is 0.427. The molecule has 68 valence electrons. The summed E-state index contributed by atoms with van der Waals surface area (Å²) < 4.78 is 1.98. The van der Waals surface area contributed by atoms with Crippen LogP contribution >= 0.6 is 12.6 Å². The van der Waals surface area contributed by atoms with Gasteiger partial charge in [-0.25, -0.2) is 0 Å². The molecule has 3 heteroatoms. The highest BCUT2D eigenvalue weighted by Gasteiger charge is 2.05. The van der Waals surface area contributed by atoms with E-state index in [0.29, 0.717) is 5.92 Å². The molecule has 0 amide bonds. The lowest BCUT2D eigenvalue weighted by atomic mass is 10.1. The molecule has 1 atom stereocenters. The van der Waals surface area contributed by atoms with Crippen LogP contribution in [0.25, 0.3) is 0 Å². The summed E-state index contributed by atoms with van der Waals surface area (Å²) in [7, 11) is 0. The van der Waals surface area contributed by atoms with Crippen molar-refractivity contribution in [1.82, 2.24) is 9.78 Å². The zero-order chi connectivity index (χ0) is 8.81. The van der Waals surface area contributed by atoms with Crippen molar-refractivity contribution in [3.05, 3.63) is 18.5 Å². The predicted molar refractivity (Wildman–Crippen MR) is 54.5 cm³/mol. The van der Waals surface area contributed by atoms with E-state index < -0.39 is 0 Å². The van der Waals surface area contributed by atoms with Crippen LogP contribution in [0.3, 0.4) is 0 Å². The Morgan fingerprint density at radius 1 is 1.58 bits per heavy atom. The average molecular weight is 184 g/mol. The van der Waals surface area contributed by atoms with Gasteiger partial charge in [0, 0.05) is 18.9 Å². The zero-order valence-electron chi connectivity index (χ0n) is 7.48. The molecule has 1 heterocycles. The maximum atomic E-state index is 4.32. The van der Waals surface area contributed by atoms with Gasteiger partial charge in [-0.05, 0) is 24.2 Å². The quantitative estimate of drug-likeness (QED) is 0.695. The van der Waals surface area contributed by atoms with E-state index in [-0.39, 0.29) is 0 Å². The first-order chi connectivity index (χ1) is 5.86. The first kappa shape index (κ1) is 9.65. The number of hydrogen-bond donors (Lipinski definition) is 1. The second kappa shape index (κ2) is 5.25. The maximum Gasteiger partial charge on any atom is 0.0489 e. The molecule has 0 N–H and O–H groups in total. The number of thiol groups is 1. The van der Waals surface area contributed by atoms with Gasteiger partial charge in [0.05, 0.1) is 0 Å². The van der Waals surface area contributed by atoms with Crippen LogP contribution in [0.1, 0.15) is 19.8 Å². The largest absolute Gasteiger partial charge is 0.272 e. The van der Waals surface area contributed by atoms with Gasteiger partial charge in [-0.15, -0.1) is 0 Å². The van der Waals surface area contributed by atoms with Crippen molar-refractivity contribution in [3.63, 3.8) is 0 Å². The third-order valence-electron chi connectivity index (χ3n) is 1.96. The summed E-state index contributed by atoms with van der Waals surface area (Å²) in [6, 6.07) is 1.96. The molecule has 0 bridgehead atoms. The molecule has 0 aliphatic rings. The Morgan fingerprint density at radius 3 is 2.92 bits per heavy atom. The lowest BCUT2D eigenvalue weighted by Crippen LogP contribution is -2.12. The number of nitrogens with zero attached hydrogens (tertiary/aromatic N) is 2. The van der Waals surface area contributed by atoms with Gasteiger partial charge in [0.15, 0.2) is 0 Å². The van der Waals surface area contributed by atoms with Crippen LogP contribution in [0.5, 0.6) is 0 Å². The Morgan fingerprint density at radius 2 is 2.42 bits per heavy atom. The van der Waals surface area contributed by atoms with Gasteiger partial charge in [0.1, 0.15) is 0 Å². The van der Waals surface area contributed by atoms with Crippen LogP contribution in [-0.2, 0) is 6.54 Å². The molecule has 1 aromatic heterocycles. The molecule has 0 aromatic carbocycles. The number of hydrogen-bond acceptors (Lipinski definition) is 2. The van der Waals surface area contributed by atoms with E-state index in [9.17, 15) is 0 Å². The van der Waals surface area contributed by atoms with Gasteiger partial charge in [0.2, 0.25) is 0 Å². The van der Waals surface area contributed by atoms with Crippen LogP contribution in [0.15, 0.2) is 18.5 Å². The van der Waals surface area contributed by atoms with Crippen LogP contribution in [-0.4, -0.2) is 15.5 Å². The van der Waals surface area contributed by atoms with Gasteiger partial charge in [-0.2, -0.15) is 17.7 Å². The first-order valence-electron chi connectivity index (χ1n) is 4.45. The third-order valence-corrected chi connectivity index (χ3v) is 2.48. The van der Waals surface area contributed by atoms with Crippen molar-refractivity contribution in [3.8, 4) is 0 Å². The van der Waals surface area contributed by atoms with Crippen molar-refractivity contribution >= 4 is 12.6 Å². The maximum absolute atomic E-state index is 4.32. The highest BCUT2D eigenvalue weighted by atomic mass is 32.1. The van der Waals surface area contributed by atoms with Crippen molar-refractivity contribution in [2.24, 2.45) is 5.92 Å². The van der Waals surface area contributed by atoms with E-state index in [1.807, 2.05) is 23.1 Å². The predicted octanol–water partition coefficient (Wildman–Crippen LogP) is 2.23. The van der Waals surface area contributed by atoms with Gasteiger partial charge in [0.25, 0.3) is 0 Å². The molecular formula is C9H16N2S. The van der Waals surface area contributed by atoms with Crippen molar-refractivity contribution in [2.45, 2.75) is 26.3 Å². The Bertz CT molecular complexity index is 196. The topological polar surface area (TPSA) is 17.8 Å². The van der Waals surface area contributed by atoms with E-state index in [4.69, 9.17) is 0 Å². The Balaban J connectivity index is 2.37. The molecule has 0 aliphatic heterocycles. The van der Waals surface area contributed by atoms with Gasteiger partial charge in [-0.3, -0.25) is 4.68 Å². The normalized spacial score (nSPS) is 13.2. The highest BCUT2D eigenvalue weighted by Crippen LogP contribution is 2.10. The fraction of sp³-hybridized carbons (Fsp3) is 0.667. The van der Waals surface area contributed by atoms with E-state index in [2.05, 4.69) is 24.7 Å². The van der Waals surface area contributed by atoms with Crippen LogP contribution in [0.4, 0.5) is 0 Å². The lowest BCUT2D eigenvalue weighted by Gasteiger charge is -2.12. The molecule has 0 spiro atoms. The molecule has 0 saturated carbocycles. The molecule has 1 unspecified atom stereocenters. The Labute approximate surface area is 79.4 Å². The molecule has 1 aromatic rings. The smallest absolute Gasteiger partial charge is 0.0489 e. The summed E-state index contributed by atoms with van der Waals surface area (Å²) in [6.45, 7) is 3.21. The van der Waals surface area contributed by atoms with Crippen LogP contribution in [0.2, 0.25) is 0 Å². The average Bonchev–Trinajstić information content (AvgIpc) is 2.56. The fourth-order valence-corrected chi connectivity index (χ4v) is 1.62. The number of rotatable bonds is 5. The van der Waals surface area contributed by atoms with Crippen LogP contribution in [0, 0.1) is 5.92 Å². The summed E-state index contributed by atoms with van der Waals surface area (Å²) in [5.41, 5.74) is 0. The standard InChI is InChI=1S/C9H16N2S/c1-2-4-9(8-12)7-11-6-3-5-10-11/h3,5-6,9,12H,2,4,7-8H2,1H3. The van der Waals surface area contributed by atoms with E-state index in [1.54, 1.807) is 0 Å². The van der Waals surface area contributed by atoms with Crippen LogP contribution < -0.4 is 0 Å². The molecule has 12 heavy (non-hydrogen) atoms. The highest BCUT2D eigenvalue weighted by molar-refractivity contribution is 7.80. The monoisotopic (exact) mass is 184 g/mol. The van der Waals surface area contributed by atoms with E-state index >= 15 is 0 Å². The zero-order valence-corrected chi connectivity index (χ0v) is 8.37. The minimum Gasteiger partial charge on any atom is -0.272 e. The molecule has 0 saturated heterocycles. The SMILES string of the molecule is CCCC(CS)Cn1cccn1. The Kier molecular flexibility index (Phi) is 4.22. The molecule has 0 aliphatic carbocycles. The first-order valence-corrected chi connectivity index (χ1v) is 5.08. The van der Waals surface area contributed by atoms with Crippen molar-refractivity contribution < 1.29 is 0 Å². The summed E-state index contributed by atoms with van der Waals surface area (Å²) in [4.78, 5) is 0. The summed E-state index contributed by atoms with van der Waals surface area (Å²) in [6.07, 6.45) is 6.30.